The summed E-state index contributed by atoms with van der Waals surface area (Å²) in [6.45, 7) is 3.31. The summed E-state index contributed by atoms with van der Waals surface area (Å²) in [5.74, 6) is 0.0555. The maximum atomic E-state index is 12.9. The van der Waals surface area contributed by atoms with Crippen LogP contribution in [0.1, 0.15) is 11.1 Å². The van der Waals surface area contributed by atoms with Crippen LogP contribution in [-0.2, 0) is 11.3 Å². The quantitative estimate of drug-likeness (QED) is 0.670. The van der Waals surface area contributed by atoms with E-state index in [2.05, 4.69) is 11.0 Å². The fourth-order valence-corrected chi connectivity index (χ4v) is 3.59. The van der Waals surface area contributed by atoms with Gasteiger partial charge >= 0.3 is 0 Å². The lowest BCUT2D eigenvalue weighted by molar-refractivity contribution is -0.135. The van der Waals surface area contributed by atoms with Gasteiger partial charge in [-0.3, -0.25) is 9.69 Å². The summed E-state index contributed by atoms with van der Waals surface area (Å²) in [6.07, 6.45) is 3.94. The van der Waals surface area contributed by atoms with E-state index in [1.165, 1.54) is 24.3 Å². The van der Waals surface area contributed by atoms with Crippen molar-refractivity contribution in [3.63, 3.8) is 0 Å². The number of carbonyl (C=O) groups excluding carboxylic acids is 1. The Balaban J connectivity index is 1.31. The van der Waals surface area contributed by atoms with Gasteiger partial charge in [-0.25, -0.2) is 4.39 Å². The second-order valence-corrected chi connectivity index (χ2v) is 7.03. The third-order valence-corrected chi connectivity index (χ3v) is 5.17. The molecule has 0 atom stereocenters. The lowest BCUT2D eigenvalue weighted by Crippen LogP contribution is -2.49. The predicted octanol–water partition coefficient (Wildman–Crippen LogP) is 2.67. The summed E-state index contributed by atoms with van der Waals surface area (Å²) in [5.41, 5.74) is 2.62. The number of hydrogen-bond donors (Lipinski definition) is 0. The first-order valence-corrected chi connectivity index (χ1v) is 9.51. The molecule has 0 aliphatic carbocycles. The number of amides is 1. The third-order valence-electron chi connectivity index (χ3n) is 5.17. The van der Waals surface area contributed by atoms with Gasteiger partial charge < -0.3 is 14.0 Å². The zero-order valence-electron chi connectivity index (χ0n) is 15.9. The number of fused-ring (bicyclic) bond motifs is 1. The van der Waals surface area contributed by atoms with Crippen molar-refractivity contribution in [1.29, 1.82) is 5.26 Å². The Labute approximate surface area is 168 Å². The predicted molar refractivity (Wildman–Crippen MR) is 106 cm³/mol. The lowest BCUT2D eigenvalue weighted by Gasteiger charge is -2.34. The van der Waals surface area contributed by atoms with Crippen LogP contribution in [-0.4, -0.2) is 52.9 Å². The summed E-state index contributed by atoms with van der Waals surface area (Å²) >= 11 is 0. The summed E-state index contributed by atoms with van der Waals surface area (Å²) in [4.78, 5) is 16.4. The van der Waals surface area contributed by atoms with E-state index in [1.807, 2.05) is 35.0 Å². The molecule has 4 rings (SSSR count). The van der Waals surface area contributed by atoms with Crippen molar-refractivity contribution in [1.82, 2.24) is 14.2 Å². The van der Waals surface area contributed by atoms with E-state index in [9.17, 15) is 14.4 Å². The molecular formula is C22H21FN4O2. The molecule has 29 heavy (non-hydrogen) atoms. The Hall–Kier alpha value is -3.37. The molecule has 6 nitrogen and oxygen atoms in total. The third kappa shape index (κ3) is 4.23. The van der Waals surface area contributed by atoms with Gasteiger partial charge in [-0.2, -0.15) is 5.26 Å². The number of carbonyl (C=O) groups is 1. The number of nitrogens with zero attached hydrogens (tertiary/aromatic N) is 4. The highest BCUT2D eigenvalue weighted by Crippen LogP contribution is 2.20. The minimum absolute atomic E-state index is 0.0604. The van der Waals surface area contributed by atoms with Gasteiger partial charge in [0.1, 0.15) is 17.6 Å². The Kier molecular flexibility index (Phi) is 5.45. The molecule has 1 saturated heterocycles. The van der Waals surface area contributed by atoms with Crippen LogP contribution in [0.15, 0.2) is 54.9 Å². The van der Waals surface area contributed by atoms with E-state index in [-0.39, 0.29) is 18.3 Å². The van der Waals surface area contributed by atoms with Crippen LogP contribution in [0.5, 0.6) is 5.75 Å². The molecule has 0 saturated carbocycles. The minimum Gasteiger partial charge on any atom is -0.484 e. The van der Waals surface area contributed by atoms with Gasteiger partial charge in [-0.1, -0.05) is 6.07 Å². The smallest absolute Gasteiger partial charge is 0.260 e. The lowest BCUT2D eigenvalue weighted by atomic mass is 10.1. The number of ether oxygens (including phenoxy) is 1. The molecule has 1 fully saturated rings. The van der Waals surface area contributed by atoms with Crippen molar-refractivity contribution in [3.8, 4) is 11.8 Å². The Morgan fingerprint density at radius 1 is 1.10 bits per heavy atom. The molecule has 0 spiro atoms. The highest BCUT2D eigenvalue weighted by Gasteiger charge is 2.23. The molecule has 0 radical (unpaired) electrons. The molecule has 2 aromatic heterocycles. The molecule has 3 aromatic rings. The number of rotatable bonds is 5. The molecule has 1 aliphatic heterocycles. The van der Waals surface area contributed by atoms with Gasteiger partial charge in [0.25, 0.3) is 5.91 Å². The van der Waals surface area contributed by atoms with Crippen molar-refractivity contribution in [2.45, 2.75) is 6.54 Å². The van der Waals surface area contributed by atoms with Gasteiger partial charge in [-0.05, 0) is 36.4 Å². The maximum absolute atomic E-state index is 12.9. The molecule has 1 aromatic carbocycles. The van der Waals surface area contributed by atoms with E-state index in [1.54, 1.807) is 4.90 Å². The van der Waals surface area contributed by atoms with Crippen LogP contribution in [0.4, 0.5) is 4.39 Å². The largest absolute Gasteiger partial charge is 0.484 e. The first-order valence-electron chi connectivity index (χ1n) is 9.51. The fourth-order valence-electron chi connectivity index (χ4n) is 3.59. The maximum Gasteiger partial charge on any atom is 0.260 e. The number of halogens is 1. The number of hydrogen-bond acceptors (Lipinski definition) is 4. The highest BCUT2D eigenvalue weighted by atomic mass is 19.1. The van der Waals surface area contributed by atoms with Gasteiger partial charge in [-0.15, -0.1) is 0 Å². The second-order valence-electron chi connectivity index (χ2n) is 7.03. The van der Waals surface area contributed by atoms with Gasteiger partial charge in [0.2, 0.25) is 0 Å². The topological polar surface area (TPSA) is 61.0 Å². The van der Waals surface area contributed by atoms with E-state index in [4.69, 9.17) is 4.74 Å². The zero-order valence-corrected chi connectivity index (χ0v) is 15.9. The highest BCUT2D eigenvalue weighted by molar-refractivity contribution is 5.77. The molecule has 0 N–H and O–H groups in total. The van der Waals surface area contributed by atoms with Crippen LogP contribution in [0.3, 0.4) is 0 Å². The second kappa shape index (κ2) is 8.33. The average molecular weight is 392 g/mol. The minimum atomic E-state index is -0.338. The van der Waals surface area contributed by atoms with Gasteiger partial charge in [0.15, 0.2) is 6.61 Å². The summed E-state index contributed by atoms with van der Waals surface area (Å²) in [7, 11) is 0. The number of aromatic nitrogens is 1. The normalized spacial score (nSPS) is 14.7. The Morgan fingerprint density at radius 3 is 2.59 bits per heavy atom. The molecule has 1 amide bonds. The SMILES string of the molecule is N#Cc1c(CN2CCN(C(=O)COc3ccc(F)cc3)CC2)cn2ccccc12. The van der Waals surface area contributed by atoms with E-state index >= 15 is 0 Å². The number of piperazine rings is 1. The zero-order chi connectivity index (χ0) is 20.2. The van der Waals surface area contributed by atoms with Crippen molar-refractivity contribution in [2.75, 3.05) is 32.8 Å². The van der Waals surface area contributed by atoms with Crippen molar-refractivity contribution < 1.29 is 13.9 Å². The van der Waals surface area contributed by atoms with Crippen molar-refractivity contribution in [2.24, 2.45) is 0 Å². The molecule has 0 unspecified atom stereocenters. The molecule has 0 bridgehead atoms. The molecule has 1 aliphatic rings. The van der Waals surface area contributed by atoms with E-state index in [0.29, 0.717) is 30.9 Å². The van der Waals surface area contributed by atoms with E-state index < -0.39 is 0 Å². The van der Waals surface area contributed by atoms with Crippen molar-refractivity contribution in [3.05, 3.63) is 71.8 Å². The Morgan fingerprint density at radius 2 is 1.86 bits per heavy atom. The summed E-state index contributed by atoms with van der Waals surface area (Å²) in [5, 5.41) is 9.55. The van der Waals surface area contributed by atoms with Gasteiger partial charge in [0, 0.05) is 50.7 Å². The first-order chi connectivity index (χ1) is 14.1. The van der Waals surface area contributed by atoms with Crippen LogP contribution < -0.4 is 4.74 Å². The Bertz CT molecular complexity index is 1050. The van der Waals surface area contributed by atoms with Crippen LogP contribution in [0, 0.1) is 17.1 Å². The van der Waals surface area contributed by atoms with Crippen LogP contribution >= 0.6 is 0 Å². The van der Waals surface area contributed by atoms with Crippen LogP contribution in [0.2, 0.25) is 0 Å². The fraction of sp³-hybridized carbons (Fsp3) is 0.273. The molecular weight excluding hydrogens is 371 g/mol. The number of benzene rings is 1. The standard InChI is InChI=1S/C22H21FN4O2/c23-18-4-6-19(7-5-18)29-16-22(28)26-11-9-25(10-12-26)14-17-15-27-8-2-1-3-21(27)20(17)13-24/h1-8,15H,9-12,14,16H2. The number of nitriles is 1. The van der Waals surface area contributed by atoms with Gasteiger partial charge in [0.05, 0.1) is 11.1 Å². The first kappa shape index (κ1) is 19.0. The monoisotopic (exact) mass is 392 g/mol. The summed E-state index contributed by atoms with van der Waals surface area (Å²) in [6, 6.07) is 13.8. The molecule has 7 heteroatoms. The molecule has 3 heterocycles. The van der Waals surface area contributed by atoms with E-state index in [0.717, 1.165) is 24.2 Å². The number of pyridine rings is 1. The van der Waals surface area contributed by atoms with Crippen molar-refractivity contribution >= 4 is 11.4 Å². The average Bonchev–Trinajstić information content (AvgIpc) is 3.10. The molecule has 148 valence electrons. The summed E-state index contributed by atoms with van der Waals surface area (Å²) < 4.78 is 20.3. The van der Waals surface area contributed by atoms with Crippen LogP contribution in [0.25, 0.3) is 5.52 Å².